The van der Waals surface area contributed by atoms with E-state index in [2.05, 4.69) is 5.16 Å². The van der Waals surface area contributed by atoms with Crippen LogP contribution in [0.25, 0.3) is 22.6 Å². The molecule has 0 fully saturated rings. The Labute approximate surface area is 132 Å². The smallest absolute Gasteiger partial charge is 0.168 e. The van der Waals surface area contributed by atoms with Crippen LogP contribution < -0.4 is 0 Å². The van der Waals surface area contributed by atoms with Gasteiger partial charge in [-0.3, -0.25) is 0 Å². The fourth-order valence-electron chi connectivity index (χ4n) is 2.15. The molecule has 3 aromatic rings. The van der Waals surface area contributed by atoms with E-state index >= 15 is 0 Å². The van der Waals surface area contributed by atoms with E-state index in [1.165, 1.54) is 12.4 Å². The molecule has 0 saturated carbocycles. The zero-order valence-electron chi connectivity index (χ0n) is 11.5. The molecule has 0 radical (unpaired) electrons. The van der Waals surface area contributed by atoms with Crippen LogP contribution in [0.1, 0.15) is 11.1 Å². The molecule has 22 heavy (non-hydrogen) atoms. The zero-order valence-corrected chi connectivity index (χ0v) is 12.3. The number of aromatic nitrogens is 1. The van der Waals surface area contributed by atoms with E-state index in [1.54, 1.807) is 18.2 Å². The van der Waals surface area contributed by atoms with E-state index in [1.807, 2.05) is 30.3 Å². The summed E-state index contributed by atoms with van der Waals surface area (Å²) < 4.78 is 5.38. The van der Waals surface area contributed by atoms with Crippen molar-refractivity contribution in [3.63, 3.8) is 0 Å². The van der Waals surface area contributed by atoms with Gasteiger partial charge in [0.15, 0.2) is 5.76 Å². The van der Waals surface area contributed by atoms with Gasteiger partial charge in [-0.25, -0.2) is 0 Å². The maximum atomic E-state index is 7.30. The minimum Gasteiger partial charge on any atom is -0.356 e. The molecule has 2 aromatic carbocycles. The summed E-state index contributed by atoms with van der Waals surface area (Å²) >= 11 is 6.22. The lowest BCUT2D eigenvalue weighted by Crippen LogP contribution is -1.82. The second-order valence-electron chi connectivity index (χ2n) is 4.73. The third-order valence-corrected chi connectivity index (χ3v) is 3.60. The molecule has 0 atom stereocenters. The van der Waals surface area contributed by atoms with Crippen LogP contribution in [0.5, 0.6) is 0 Å². The van der Waals surface area contributed by atoms with Crippen molar-refractivity contribution < 1.29 is 4.52 Å². The van der Waals surface area contributed by atoms with Crippen molar-refractivity contribution in [2.24, 2.45) is 0 Å². The maximum absolute atomic E-state index is 7.30. The first-order chi connectivity index (χ1) is 10.7. The third kappa shape index (κ3) is 2.69. The van der Waals surface area contributed by atoms with Gasteiger partial charge < -0.3 is 15.3 Å². The van der Waals surface area contributed by atoms with Crippen molar-refractivity contribution in [2.75, 3.05) is 0 Å². The Morgan fingerprint density at radius 2 is 1.73 bits per heavy atom. The number of benzene rings is 2. The molecule has 3 rings (SSSR count). The molecule has 4 nitrogen and oxygen atoms in total. The van der Waals surface area contributed by atoms with E-state index in [0.29, 0.717) is 16.5 Å². The van der Waals surface area contributed by atoms with Crippen molar-refractivity contribution in [1.29, 1.82) is 10.8 Å². The number of rotatable bonds is 4. The van der Waals surface area contributed by atoms with Gasteiger partial charge in [0.25, 0.3) is 0 Å². The van der Waals surface area contributed by atoms with E-state index in [4.69, 9.17) is 26.9 Å². The monoisotopic (exact) mass is 309 g/mol. The highest BCUT2D eigenvalue weighted by Crippen LogP contribution is 2.31. The Kier molecular flexibility index (Phi) is 3.85. The van der Waals surface area contributed by atoms with Gasteiger partial charge in [0, 0.05) is 29.6 Å². The molecule has 108 valence electrons. The Hall–Kier alpha value is -2.72. The van der Waals surface area contributed by atoms with E-state index < -0.39 is 0 Å². The minimum absolute atomic E-state index is 0.511. The van der Waals surface area contributed by atoms with Crippen LogP contribution in [0.4, 0.5) is 0 Å². The summed E-state index contributed by atoms with van der Waals surface area (Å²) in [4.78, 5) is 0. The van der Waals surface area contributed by atoms with Crippen molar-refractivity contribution in [1.82, 2.24) is 5.16 Å². The van der Waals surface area contributed by atoms with Crippen molar-refractivity contribution >= 4 is 24.0 Å². The van der Waals surface area contributed by atoms with Crippen LogP contribution in [0.2, 0.25) is 5.02 Å². The summed E-state index contributed by atoms with van der Waals surface area (Å²) in [5, 5.41) is 19.1. The van der Waals surface area contributed by atoms with Crippen molar-refractivity contribution in [3.8, 4) is 22.6 Å². The average molecular weight is 310 g/mol. The number of hydrogen-bond donors (Lipinski definition) is 2. The number of hydrogen-bond acceptors (Lipinski definition) is 4. The minimum atomic E-state index is 0.511. The molecule has 2 N–H and O–H groups in total. The Bertz CT molecular complexity index is 855. The first-order valence-corrected chi connectivity index (χ1v) is 6.97. The molecule has 5 heteroatoms. The Balaban J connectivity index is 2.00. The van der Waals surface area contributed by atoms with Crippen LogP contribution in [0, 0.1) is 10.8 Å². The number of nitrogens with zero attached hydrogens (tertiary/aromatic N) is 1. The molecular formula is C17H12ClN3O. The van der Waals surface area contributed by atoms with Gasteiger partial charge >= 0.3 is 0 Å². The Morgan fingerprint density at radius 1 is 0.955 bits per heavy atom. The largest absolute Gasteiger partial charge is 0.356 e. The summed E-state index contributed by atoms with van der Waals surface area (Å²) in [6.45, 7) is 0. The van der Waals surface area contributed by atoms with Crippen molar-refractivity contribution in [3.05, 3.63) is 64.7 Å². The number of halogens is 1. The molecule has 0 saturated heterocycles. The van der Waals surface area contributed by atoms with Gasteiger partial charge in [0.2, 0.25) is 0 Å². The predicted molar refractivity (Wildman–Crippen MR) is 88.2 cm³/mol. The highest BCUT2D eigenvalue weighted by Gasteiger charge is 2.12. The van der Waals surface area contributed by atoms with Gasteiger partial charge in [-0.2, -0.15) is 0 Å². The first kappa shape index (κ1) is 14.2. The fourth-order valence-corrected chi connectivity index (χ4v) is 2.43. The van der Waals surface area contributed by atoms with E-state index in [9.17, 15) is 0 Å². The average Bonchev–Trinajstić information content (AvgIpc) is 3.04. The summed E-state index contributed by atoms with van der Waals surface area (Å²) in [6, 6.07) is 14.6. The normalized spacial score (nSPS) is 10.4. The summed E-state index contributed by atoms with van der Waals surface area (Å²) in [5.41, 5.74) is 3.82. The van der Waals surface area contributed by atoms with Gasteiger partial charge in [-0.15, -0.1) is 0 Å². The van der Waals surface area contributed by atoms with Crippen molar-refractivity contribution in [2.45, 2.75) is 0 Å². The molecule has 0 amide bonds. The molecular weight excluding hydrogens is 298 g/mol. The van der Waals surface area contributed by atoms with E-state index in [0.717, 1.165) is 22.3 Å². The lowest BCUT2D eigenvalue weighted by atomic mass is 10.1. The molecule has 0 unspecified atom stereocenters. The molecule has 1 aromatic heterocycles. The molecule has 1 heterocycles. The van der Waals surface area contributed by atoms with E-state index in [-0.39, 0.29) is 0 Å². The van der Waals surface area contributed by atoms with Crippen LogP contribution in [-0.4, -0.2) is 17.6 Å². The fraction of sp³-hybridized carbons (Fsp3) is 0. The SMILES string of the molecule is N=Cc1cccc(-c2cc(-c3ccc(C=N)cc3Cl)on2)c1. The summed E-state index contributed by atoms with van der Waals surface area (Å²) in [7, 11) is 0. The van der Waals surface area contributed by atoms with Crippen LogP contribution in [0.15, 0.2) is 53.1 Å². The second kappa shape index (κ2) is 5.95. The van der Waals surface area contributed by atoms with Gasteiger partial charge in [0.1, 0.15) is 5.69 Å². The van der Waals surface area contributed by atoms with Gasteiger partial charge in [-0.05, 0) is 29.3 Å². The maximum Gasteiger partial charge on any atom is 0.168 e. The third-order valence-electron chi connectivity index (χ3n) is 3.28. The lowest BCUT2D eigenvalue weighted by Gasteiger charge is -2.00. The standard InChI is InChI=1S/C17H12ClN3O/c18-15-7-12(10-20)4-5-14(15)17-8-16(21-22-17)13-3-1-2-11(6-13)9-19/h1-10,19-20H. The molecule has 0 aliphatic rings. The quantitative estimate of drug-likeness (QED) is 0.688. The molecule has 0 aliphatic heterocycles. The van der Waals surface area contributed by atoms with Crippen LogP contribution >= 0.6 is 11.6 Å². The van der Waals surface area contributed by atoms with Gasteiger partial charge in [-0.1, -0.05) is 41.0 Å². The molecule has 0 bridgehead atoms. The van der Waals surface area contributed by atoms with Gasteiger partial charge in [0.05, 0.1) is 5.02 Å². The number of nitrogens with one attached hydrogen (secondary N) is 2. The summed E-state index contributed by atoms with van der Waals surface area (Å²) in [6.07, 6.45) is 2.53. The predicted octanol–water partition coefficient (Wildman–Crippen LogP) is 4.66. The zero-order chi connectivity index (χ0) is 15.5. The second-order valence-corrected chi connectivity index (χ2v) is 5.14. The summed E-state index contributed by atoms with van der Waals surface area (Å²) in [5.74, 6) is 0.566. The topological polar surface area (TPSA) is 73.7 Å². The van der Waals surface area contributed by atoms with Crippen LogP contribution in [0.3, 0.4) is 0 Å². The highest BCUT2D eigenvalue weighted by atomic mass is 35.5. The highest BCUT2D eigenvalue weighted by molar-refractivity contribution is 6.33. The molecule has 0 spiro atoms. The lowest BCUT2D eigenvalue weighted by molar-refractivity contribution is 0.435. The molecule has 0 aliphatic carbocycles. The van der Waals surface area contributed by atoms with Crippen LogP contribution in [-0.2, 0) is 0 Å². The Morgan fingerprint density at radius 3 is 2.45 bits per heavy atom. The first-order valence-electron chi connectivity index (χ1n) is 6.59.